The smallest absolute Gasteiger partial charge is 0.132 e. The Hall–Kier alpha value is -1.36. The van der Waals surface area contributed by atoms with Crippen molar-refractivity contribution in [2.24, 2.45) is 5.73 Å². The van der Waals surface area contributed by atoms with Crippen LogP contribution in [0, 0.1) is 0 Å². The minimum Gasteiger partial charge on any atom is -0.352 e. The van der Waals surface area contributed by atoms with E-state index in [1.165, 1.54) is 11.1 Å². The average Bonchev–Trinajstić information content (AvgIpc) is 2.51. The second-order valence-electron chi connectivity index (χ2n) is 6.17. The molecule has 4 nitrogen and oxygen atoms in total. The van der Waals surface area contributed by atoms with E-state index < -0.39 is 0 Å². The van der Waals surface area contributed by atoms with Crippen molar-refractivity contribution in [3.63, 3.8) is 0 Å². The van der Waals surface area contributed by atoms with Crippen molar-refractivity contribution in [2.75, 3.05) is 11.4 Å². The van der Waals surface area contributed by atoms with Crippen molar-refractivity contribution in [2.45, 2.75) is 37.8 Å². The number of aromatic nitrogens is 2. The Morgan fingerprint density at radius 1 is 1.04 bits per heavy atom. The fraction of sp³-hybridized carbons (Fsp3) is 0.412. The number of benzene rings is 1. The van der Waals surface area contributed by atoms with Crippen LogP contribution in [0.4, 0.5) is 5.82 Å². The van der Waals surface area contributed by atoms with Crippen LogP contribution >= 0.6 is 24.8 Å². The highest BCUT2D eigenvalue weighted by atomic mass is 35.5. The molecule has 0 spiro atoms. The molecule has 23 heavy (non-hydrogen) atoms. The third-order valence-electron chi connectivity index (χ3n) is 4.72. The molecule has 2 aliphatic rings. The van der Waals surface area contributed by atoms with Gasteiger partial charge in [0.15, 0.2) is 0 Å². The minimum atomic E-state index is 0. The van der Waals surface area contributed by atoms with Gasteiger partial charge in [0.1, 0.15) is 12.1 Å². The molecule has 0 radical (unpaired) electrons. The predicted octanol–water partition coefficient (Wildman–Crippen LogP) is 3.09. The standard InChI is InChI=1S/C17H20N4.2ClH/c18-15-7-14(8-15)16-9-17(20-11-19-16)21-6-5-12-3-1-2-4-13(12)10-21;;/h1-4,9,11,14-15H,5-8,10,18H2;2*1H. The van der Waals surface area contributed by atoms with Crippen molar-refractivity contribution in [3.05, 3.63) is 53.5 Å². The number of nitrogens with zero attached hydrogens (tertiary/aromatic N) is 3. The van der Waals surface area contributed by atoms with Gasteiger partial charge in [0.05, 0.1) is 0 Å². The Labute approximate surface area is 149 Å². The lowest BCUT2D eigenvalue weighted by atomic mass is 9.78. The summed E-state index contributed by atoms with van der Waals surface area (Å²) in [7, 11) is 0. The maximum Gasteiger partial charge on any atom is 0.132 e. The number of hydrogen-bond donors (Lipinski definition) is 1. The molecule has 2 aromatic rings. The van der Waals surface area contributed by atoms with Gasteiger partial charge in [0.2, 0.25) is 0 Å². The molecule has 0 atom stereocenters. The fourth-order valence-corrected chi connectivity index (χ4v) is 3.35. The number of anilines is 1. The first-order chi connectivity index (χ1) is 10.3. The Morgan fingerprint density at radius 2 is 1.78 bits per heavy atom. The van der Waals surface area contributed by atoms with Crippen molar-refractivity contribution < 1.29 is 0 Å². The number of hydrogen-bond acceptors (Lipinski definition) is 4. The Kier molecular flexibility index (Phi) is 5.84. The summed E-state index contributed by atoms with van der Waals surface area (Å²) in [6.45, 7) is 1.97. The summed E-state index contributed by atoms with van der Waals surface area (Å²) in [5.41, 5.74) is 9.92. The zero-order chi connectivity index (χ0) is 14.2. The summed E-state index contributed by atoms with van der Waals surface area (Å²) in [4.78, 5) is 11.3. The predicted molar refractivity (Wildman–Crippen MR) is 97.7 cm³/mol. The number of rotatable bonds is 2. The molecule has 2 N–H and O–H groups in total. The molecule has 124 valence electrons. The molecular weight excluding hydrogens is 331 g/mol. The van der Waals surface area contributed by atoms with Gasteiger partial charge in [0.25, 0.3) is 0 Å². The highest BCUT2D eigenvalue weighted by Crippen LogP contribution is 2.35. The Bertz CT molecular complexity index is 659. The first kappa shape index (κ1) is 18.0. The third-order valence-corrected chi connectivity index (χ3v) is 4.72. The topological polar surface area (TPSA) is 55.0 Å². The molecule has 1 aromatic carbocycles. The van der Waals surface area contributed by atoms with Gasteiger partial charge >= 0.3 is 0 Å². The van der Waals surface area contributed by atoms with Gasteiger partial charge in [-0.2, -0.15) is 0 Å². The van der Waals surface area contributed by atoms with Crippen molar-refractivity contribution in [3.8, 4) is 0 Å². The Balaban J connectivity index is 0.000000960. The van der Waals surface area contributed by atoms with Crippen LogP contribution < -0.4 is 10.6 Å². The summed E-state index contributed by atoms with van der Waals surface area (Å²) < 4.78 is 0. The molecule has 6 heteroatoms. The minimum absolute atomic E-state index is 0. The van der Waals surface area contributed by atoms with Crippen LogP contribution in [-0.4, -0.2) is 22.6 Å². The quantitative estimate of drug-likeness (QED) is 0.902. The number of fused-ring (bicyclic) bond motifs is 1. The zero-order valence-corrected chi connectivity index (χ0v) is 14.5. The van der Waals surface area contributed by atoms with Crippen LogP contribution in [0.3, 0.4) is 0 Å². The summed E-state index contributed by atoms with van der Waals surface area (Å²) in [5, 5.41) is 0. The number of nitrogens with two attached hydrogens (primary N) is 1. The van der Waals surface area contributed by atoms with Crippen LogP contribution in [0.25, 0.3) is 0 Å². The van der Waals surface area contributed by atoms with Gasteiger partial charge in [-0.05, 0) is 30.4 Å². The second kappa shape index (κ2) is 7.47. The molecule has 0 amide bonds. The van der Waals surface area contributed by atoms with Crippen LogP contribution in [0.1, 0.15) is 35.6 Å². The van der Waals surface area contributed by atoms with E-state index in [2.05, 4.69) is 45.2 Å². The first-order valence-electron chi connectivity index (χ1n) is 7.69. The third kappa shape index (κ3) is 3.60. The van der Waals surface area contributed by atoms with E-state index in [0.717, 1.165) is 43.9 Å². The van der Waals surface area contributed by atoms with Crippen molar-refractivity contribution >= 4 is 30.6 Å². The molecule has 1 aliphatic heterocycles. The van der Waals surface area contributed by atoms with Gasteiger partial charge < -0.3 is 10.6 Å². The second-order valence-corrected chi connectivity index (χ2v) is 6.17. The van der Waals surface area contributed by atoms with Crippen LogP contribution in [0.5, 0.6) is 0 Å². The van der Waals surface area contributed by atoms with Gasteiger partial charge in [-0.3, -0.25) is 0 Å². The highest BCUT2D eigenvalue weighted by molar-refractivity contribution is 5.85. The van der Waals surface area contributed by atoms with Crippen LogP contribution in [0.15, 0.2) is 36.7 Å². The van der Waals surface area contributed by atoms with Crippen molar-refractivity contribution in [1.29, 1.82) is 0 Å². The van der Waals surface area contributed by atoms with E-state index in [0.29, 0.717) is 12.0 Å². The summed E-state index contributed by atoms with van der Waals surface area (Å²) in [6, 6.07) is 11.2. The van der Waals surface area contributed by atoms with E-state index in [-0.39, 0.29) is 24.8 Å². The molecule has 1 aromatic heterocycles. The molecule has 1 aliphatic carbocycles. The van der Waals surface area contributed by atoms with Gasteiger partial charge in [-0.1, -0.05) is 24.3 Å². The van der Waals surface area contributed by atoms with E-state index in [1.54, 1.807) is 6.33 Å². The average molecular weight is 353 g/mol. The summed E-state index contributed by atoms with van der Waals surface area (Å²) in [6.07, 6.45) is 4.90. The fourth-order valence-electron chi connectivity index (χ4n) is 3.35. The van der Waals surface area contributed by atoms with Gasteiger partial charge in [-0.25, -0.2) is 9.97 Å². The summed E-state index contributed by atoms with van der Waals surface area (Å²) >= 11 is 0. The largest absolute Gasteiger partial charge is 0.352 e. The molecule has 2 heterocycles. The molecule has 1 fully saturated rings. The Morgan fingerprint density at radius 3 is 2.52 bits per heavy atom. The lowest BCUT2D eigenvalue weighted by molar-refractivity contribution is 0.345. The van der Waals surface area contributed by atoms with Crippen LogP contribution in [0.2, 0.25) is 0 Å². The van der Waals surface area contributed by atoms with Crippen LogP contribution in [-0.2, 0) is 13.0 Å². The highest BCUT2D eigenvalue weighted by Gasteiger charge is 2.29. The number of halogens is 2. The van der Waals surface area contributed by atoms with Gasteiger partial charge in [0, 0.05) is 36.8 Å². The molecule has 0 saturated heterocycles. The monoisotopic (exact) mass is 352 g/mol. The lowest BCUT2D eigenvalue weighted by Crippen LogP contribution is -2.35. The summed E-state index contributed by atoms with van der Waals surface area (Å²) in [5.74, 6) is 1.58. The normalized spacial score (nSPS) is 22.2. The van der Waals surface area contributed by atoms with E-state index >= 15 is 0 Å². The maximum absolute atomic E-state index is 5.89. The molecule has 4 rings (SSSR count). The zero-order valence-electron chi connectivity index (χ0n) is 12.9. The lowest BCUT2D eigenvalue weighted by Gasteiger charge is -2.33. The maximum atomic E-state index is 5.89. The molecule has 0 unspecified atom stereocenters. The SMILES string of the molecule is Cl.Cl.NC1CC(c2cc(N3CCc4ccccc4C3)ncn2)C1. The molecule has 1 saturated carbocycles. The van der Waals surface area contributed by atoms with Gasteiger partial charge in [-0.15, -0.1) is 24.8 Å². The first-order valence-corrected chi connectivity index (χ1v) is 7.69. The van der Waals surface area contributed by atoms with E-state index in [9.17, 15) is 0 Å². The van der Waals surface area contributed by atoms with E-state index in [4.69, 9.17) is 5.73 Å². The van der Waals surface area contributed by atoms with Crippen molar-refractivity contribution in [1.82, 2.24) is 9.97 Å². The van der Waals surface area contributed by atoms with E-state index in [1.807, 2.05) is 0 Å². The molecular formula is C17H22Cl2N4. The molecule has 0 bridgehead atoms.